The van der Waals surface area contributed by atoms with E-state index in [0.29, 0.717) is 24.4 Å². The van der Waals surface area contributed by atoms with Gasteiger partial charge in [-0.25, -0.2) is 9.78 Å². The van der Waals surface area contributed by atoms with Crippen molar-refractivity contribution in [3.05, 3.63) is 11.6 Å². The zero-order valence-electron chi connectivity index (χ0n) is 10.3. The number of carbonyl (C=O) groups is 2. The van der Waals surface area contributed by atoms with E-state index < -0.39 is 17.9 Å². The lowest BCUT2D eigenvalue weighted by molar-refractivity contribution is -0.139. The molecule has 1 rings (SSSR count). The molecule has 100 valence electrons. The fourth-order valence-electron chi connectivity index (χ4n) is 1.27. The van der Waals surface area contributed by atoms with E-state index >= 15 is 0 Å². The number of carboxylic acid groups (broad SMARTS) is 1. The zero-order valence-corrected chi connectivity index (χ0v) is 11.1. The summed E-state index contributed by atoms with van der Waals surface area (Å²) in [5, 5.41) is 17.7. The Morgan fingerprint density at radius 1 is 1.56 bits per heavy atom. The van der Waals surface area contributed by atoms with Crippen molar-refractivity contribution < 1.29 is 14.7 Å². The fraction of sp³-hybridized carbons (Fsp3) is 0.600. The van der Waals surface area contributed by atoms with Crippen LogP contribution in [0.2, 0.25) is 0 Å². The van der Waals surface area contributed by atoms with Gasteiger partial charge in [-0.15, -0.1) is 5.10 Å². The maximum atomic E-state index is 11.7. The van der Waals surface area contributed by atoms with Crippen LogP contribution in [0.4, 0.5) is 0 Å². The maximum absolute atomic E-state index is 11.7. The lowest BCUT2D eigenvalue weighted by Crippen LogP contribution is -2.41. The molecule has 0 aromatic carbocycles. The number of carboxylic acids is 1. The molecule has 3 N–H and O–H groups in total. The average molecular weight is 272 g/mol. The Labute approximate surface area is 109 Å². The minimum atomic E-state index is -1.05. The summed E-state index contributed by atoms with van der Waals surface area (Å²) in [5.74, 6) is -0.396. The summed E-state index contributed by atoms with van der Waals surface area (Å²) in [6.07, 6.45) is 2.88. The first-order valence-corrected chi connectivity index (χ1v) is 6.91. The number of nitrogens with one attached hydrogen (secondary N) is 2. The highest BCUT2D eigenvalue weighted by Gasteiger charge is 2.22. The molecule has 0 aliphatic heterocycles. The summed E-state index contributed by atoms with van der Waals surface area (Å²) in [7, 11) is 0. The molecule has 1 heterocycles. The molecule has 7 nitrogen and oxygen atoms in total. The molecule has 0 radical (unpaired) electrons. The Hall–Kier alpha value is -1.57. The van der Waals surface area contributed by atoms with Gasteiger partial charge in [-0.05, 0) is 18.4 Å². The first-order valence-electron chi connectivity index (χ1n) is 5.52. The molecule has 0 aliphatic carbocycles. The summed E-state index contributed by atoms with van der Waals surface area (Å²) in [6, 6.07) is -0.909. The van der Waals surface area contributed by atoms with Crippen LogP contribution in [0, 0.1) is 0 Å². The molecule has 1 aromatic rings. The van der Waals surface area contributed by atoms with Gasteiger partial charge < -0.3 is 10.4 Å². The van der Waals surface area contributed by atoms with Crippen LogP contribution in [0.25, 0.3) is 0 Å². The minimum Gasteiger partial charge on any atom is -0.480 e. The van der Waals surface area contributed by atoms with E-state index in [4.69, 9.17) is 5.11 Å². The number of aliphatic carboxylic acids is 1. The van der Waals surface area contributed by atoms with Gasteiger partial charge in [-0.2, -0.15) is 11.8 Å². The molecule has 0 saturated heterocycles. The number of H-pyrrole nitrogens is 1. The topological polar surface area (TPSA) is 108 Å². The van der Waals surface area contributed by atoms with Gasteiger partial charge >= 0.3 is 5.97 Å². The van der Waals surface area contributed by atoms with Crippen molar-refractivity contribution in [2.45, 2.75) is 25.8 Å². The van der Waals surface area contributed by atoms with Crippen LogP contribution in [-0.2, 0) is 11.2 Å². The Kier molecular flexibility index (Phi) is 5.63. The van der Waals surface area contributed by atoms with Gasteiger partial charge in [0.1, 0.15) is 11.9 Å². The van der Waals surface area contributed by atoms with Crippen LogP contribution in [-0.4, -0.2) is 50.2 Å². The molecule has 0 fully saturated rings. The molecule has 18 heavy (non-hydrogen) atoms. The first-order chi connectivity index (χ1) is 8.58. The SMILES string of the molecule is CCc1nc(C(=O)N[C@H](CCSC)C(=O)O)n[nH]1. The number of aromatic amines is 1. The van der Waals surface area contributed by atoms with E-state index in [1.165, 1.54) is 11.8 Å². The lowest BCUT2D eigenvalue weighted by atomic mass is 10.2. The number of hydrogen-bond donors (Lipinski definition) is 3. The second-order valence-corrected chi connectivity index (χ2v) is 4.59. The van der Waals surface area contributed by atoms with Crippen LogP contribution in [0.5, 0.6) is 0 Å². The first kappa shape index (κ1) is 14.5. The van der Waals surface area contributed by atoms with Gasteiger partial charge in [-0.1, -0.05) is 6.92 Å². The second-order valence-electron chi connectivity index (χ2n) is 3.61. The Bertz CT molecular complexity index is 421. The number of aromatic nitrogens is 3. The van der Waals surface area contributed by atoms with Gasteiger partial charge in [-0.3, -0.25) is 9.89 Å². The van der Waals surface area contributed by atoms with Gasteiger partial charge in [0.15, 0.2) is 0 Å². The molecule has 0 saturated carbocycles. The number of aryl methyl sites for hydroxylation is 1. The van der Waals surface area contributed by atoms with Gasteiger partial charge in [0, 0.05) is 6.42 Å². The van der Waals surface area contributed by atoms with Crippen LogP contribution in [0.1, 0.15) is 29.8 Å². The molecule has 1 aromatic heterocycles. The Balaban J connectivity index is 2.62. The van der Waals surface area contributed by atoms with E-state index in [9.17, 15) is 9.59 Å². The number of nitrogens with zero attached hydrogens (tertiary/aromatic N) is 2. The third-order valence-corrected chi connectivity index (χ3v) is 2.93. The molecule has 0 bridgehead atoms. The van der Waals surface area contributed by atoms with Crippen molar-refractivity contribution in [1.29, 1.82) is 0 Å². The quantitative estimate of drug-likeness (QED) is 0.659. The van der Waals surface area contributed by atoms with Crippen LogP contribution in [0.3, 0.4) is 0 Å². The van der Waals surface area contributed by atoms with E-state index in [1.54, 1.807) is 0 Å². The summed E-state index contributed by atoms with van der Waals surface area (Å²) >= 11 is 1.53. The van der Waals surface area contributed by atoms with Crippen LogP contribution < -0.4 is 5.32 Å². The van der Waals surface area contributed by atoms with Crippen molar-refractivity contribution in [2.24, 2.45) is 0 Å². The largest absolute Gasteiger partial charge is 0.480 e. The van der Waals surface area contributed by atoms with Crippen molar-refractivity contribution in [3.8, 4) is 0 Å². The summed E-state index contributed by atoms with van der Waals surface area (Å²) in [6.45, 7) is 1.88. The van der Waals surface area contributed by atoms with Gasteiger partial charge in [0.25, 0.3) is 5.91 Å². The second kappa shape index (κ2) is 7.00. The number of carbonyl (C=O) groups excluding carboxylic acids is 1. The van der Waals surface area contributed by atoms with E-state index in [-0.39, 0.29) is 5.82 Å². The normalized spacial score (nSPS) is 12.1. The van der Waals surface area contributed by atoms with Crippen molar-refractivity contribution in [3.63, 3.8) is 0 Å². The molecule has 8 heteroatoms. The molecule has 0 unspecified atom stereocenters. The maximum Gasteiger partial charge on any atom is 0.326 e. The van der Waals surface area contributed by atoms with Crippen LogP contribution >= 0.6 is 11.8 Å². The summed E-state index contributed by atoms with van der Waals surface area (Å²) in [4.78, 5) is 26.6. The zero-order chi connectivity index (χ0) is 13.5. The monoisotopic (exact) mass is 272 g/mol. The van der Waals surface area contributed by atoms with Gasteiger partial charge in [0.2, 0.25) is 5.82 Å². The van der Waals surface area contributed by atoms with Crippen molar-refractivity contribution in [2.75, 3.05) is 12.0 Å². The third kappa shape index (κ3) is 4.02. The molecular weight excluding hydrogens is 256 g/mol. The van der Waals surface area contributed by atoms with Crippen molar-refractivity contribution >= 4 is 23.6 Å². The highest BCUT2D eigenvalue weighted by molar-refractivity contribution is 7.98. The molecule has 1 amide bonds. The fourth-order valence-corrected chi connectivity index (χ4v) is 1.74. The average Bonchev–Trinajstić information content (AvgIpc) is 2.82. The smallest absolute Gasteiger partial charge is 0.326 e. The van der Waals surface area contributed by atoms with Crippen molar-refractivity contribution in [1.82, 2.24) is 20.5 Å². The van der Waals surface area contributed by atoms with E-state index in [2.05, 4.69) is 20.5 Å². The summed E-state index contributed by atoms with van der Waals surface area (Å²) in [5.41, 5.74) is 0. The summed E-state index contributed by atoms with van der Waals surface area (Å²) < 4.78 is 0. The Morgan fingerprint density at radius 3 is 2.78 bits per heavy atom. The predicted octanol–water partition coefficient (Wildman–Crippen LogP) is 0.303. The molecular formula is C10H16N4O3S. The molecule has 1 atom stereocenters. The Morgan fingerprint density at radius 2 is 2.28 bits per heavy atom. The van der Waals surface area contributed by atoms with Crippen LogP contribution in [0.15, 0.2) is 0 Å². The number of amides is 1. The third-order valence-electron chi connectivity index (χ3n) is 2.28. The molecule has 0 aliphatic rings. The number of hydrogen-bond acceptors (Lipinski definition) is 5. The van der Waals surface area contributed by atoms with E-state index in [0.717, 1.165) is 0 Å². The number of rotatable bonds is 7. The van der Waals surface area contributed by atoms with Gasteiger partial charge in [0.05, 0.1) is 0 Å². The lowest BCUT2D eigenvalue weighted by Gasteiger charge is -2.12. The standard InChI is InChI=1S/C10H16N4O3S/c1-3-7-12-8(14-13-7)9(15)11-6(10(16)17)4-5-18-2/h6H,3-5H2,1-2H3,(H,11,15)(H,16,17)(H,12,13,14)/t6-/m1/s1. The highest BCUT2D eigenvalue weighted by Crippen LogP contribution is 2.02. The predicted molar refractivity (Wildman–Crippen MR) is 67.6 cm³/mol. The van der Waals surface area contributed by atoms with E-state index in [1.807, 2.05) is 13.2 Å². The highest BCUT2D eigenvalue weighted by atomic mass is 32.2. The minimum absolute atomic E-state index is 0.0257. The molecule has 0 spiro atoms. The number of thioether (sulfide) groups is 1.